The molecule has 0 aromatic heterocycles. The summed E-state index contributed by atoms with van der Waals surface area (Å²) in [5.41, 5.74) is 1.57. The molecular weight excluding hydrogens is 352 g/mol. The Morgan fingerprint density at radius 2 is 1.71 bits per heavy atom. The van der Waals surface area contributed by atoms with Gasteiger partial charge in [-0.05, 0) is 36.2 Å². The van der Waals surface area contributed by atoms with Crippen molar-refractivity contribution in [1.82, 2.24) is 4.83 Å². The maximum absolute atomic E-state index is 12.1. The van der Waals surface area contributed by atoms with Crippen molar-refractivity contribution >= 4 is 31.7 Å². The van der Waals surface area contributed by atoms with Gasteiger partial charge in [-0.3, -0.25) is 0 Å². The third kappa shape index (κ3) is 4.15. The summed E-state index contributed by atoms with van der Waals surface area (Å²) in [4.78, 5) is 2.48. The van der Waals surface area contributed by atoms with Gasteiger partial charge in [-0.2, -0.15) is 18.4 Å². The molecule has 0 heterocycles. The molecule has 1 N–H and O–H groups in total. The average molecular weight is 367 g/mol. The molecule has 0 fully saturated rings. The smallest absolute Gasteiger partial charge is 0.200 e. The summed E-state index contributed by atoms with van der Waals surface area (Å²) < 4.78 is 25.2. The predicted octanol–water partition coefficient (Wildman–Crippen LogP) is 3.54. The molecule has 4 nitrogen and oxygen atoms in total. The first-order valence-corrected chi connectivity index (χ1v) is 8.70. The number of hydrazone groups is 1. The molecule has 2 rings (SSSR count). The van der Waals surface area contributed by atoms with Crippen molar-refractivity contribution in [1.29, 1.82) is 0 Å². The van der Waals surface area contributed by atoms with Gasteiger partial charge < -0.3 is 0 Å². The number of hydrogen-bond donors (Lipinski definition) is 1. The quantitative estimate of drug-likeness (QED) is 0.649. The Kier molecular flexibility index (Phi) is 5.14. The van der Waals surface area contributed by atoms with Crippen LogP contribution < -0.4 is 4.83 Å². The summed E-state index contributed by atoms with van der Waals surface area (Å²) in [6.45, 7) is 1.93. The fourth-order valence-electron chi connectivity index (χ4n) is 1.76. The molecule has 21 heavy (non-hydrogen) atoms. The Bertz CT molecular complexity index is 726. The van der Waals surface area contributed by atoms with Crippen molar-refractivity contribution in [2.75, 3.05) is 0 Å². The minimum Gasteiger partial charge on any atom is -0.200 e. The van der Waals surface area contributed by atoms with Crippen LogP contribution in [-0.4, -0.2) is 14.1 Å². The normalized spacial score (nSPS) is 12.2. The van der Waals surface area contributed by atoms with E-state index in [1.807, 2.05) is 31.2 Å². The van der Waals surface area contributed by atoms with E-state index < -0.39 is 10.0 Å². The van der Waals surface area contributed by atoms with E-state index in [4.69, 9.17) is 0 Å². The van der Waals surface area contributed by atoms with Crippen LogP contribution in [-0.2, 0) is 10.0 Å². The Morgan fingerprint density at radius 3 is 2.29 bits per heavy atom. The van der Waals surface area contributed by atoms with Crippen LogP contribution in [0.5, 0.6) is 0 Å². The van der Waals surface area contributed by atoms with E-state index in [2.05, 4.69) is 25.9 Å². The van der Waals surface area contributed by atoms with Gasteiger partial charge in [0.15, 0.2) is 0 Å². The highest BCUT2D eigenvalue weighted by atomic mass is 79.9. The van der Waals surface area contributed by atoms with Gasteiger partial charge in [0, 0.05) is 4.47 Å². The molecule has 0 unspecified atom stereocenters. The van der Waals surface area contributed by atoms with Crippen LogP contribution in [0.3, 0.4) is 0 Å². The number of rotatable bonds is 5. The summed E-state index contributed by atoms with van der Waals surface area (Å²) in [5.74, 6) is 0. The zero-order valence-electron chi connectivity index (χ0n) is 11.5. The number of nitrogens with zero attached hydrogens (tertiary/aromatic N) is 1. The molecule has 6 heteroatoms. The van der Waals surface area contributed by atoms with Gasteiger partial charge in [0.1, 0.15) is 0 Å². The van der Waals surface area contributed by atoms with Crippen LogP contribution in [0.1, 0.15) is 18.9 Å². The second kappa shape index (κ2) is 6.87. The van der Waals surface area contributed by atoms with Crippen molar-refractivity contribution in [3.63, 3.8) is 0 Å². The summed E-state index contributed by atoms with van der Waals surface area (Å²) >= 11 is 3.37. The fourth-order valence-corrected chi connectivity index (χ4v) is 2.87. The highest BCUT2D eigenvalue weighted by molar-refractivity contribution is 9.10. The standard InChI is InChI=1S/C15H15BrN2O2S/c1-2-15(12-8-10-13(16)11-9-12)17-18-21(19,20)14-6-4-3-5-7-14/h3-11,18H,2H2,1H3/b17-15-. The first-order chi connectivity index (χ1) is 10.0. The van der Waals surface area contributed by atoms with Crippen molar-refractivity contribution in [3.05, 3.63) is 64.6 Å². The van der Waals surface area contributed by atoms with Crippen LogP contribution in [0, 0.1) is 0 Å². The van der Waals surface area contributed by atoms with Gasteiger partial charge in [0.25, 0.3) is 10.0 Å². The Balaban J connectivity index is 2.24. The zero-order chi connectivity index (χ0) is 15.3. The molecule has 0 saturated heterocycles. The Morgan fingerprint density at radius 1 is 1.10 bits per heavy atom. The average Bonchev–Trinajstić information content (AvgIpc) is 2.50. The molecule has 0 radical (unpaired) electrons. The monoisotopic (exact) mass is 366 g/mol. The number of sulfonamides is 1. The first kappa shape index (κ1) is 15.7. The van der Waals surface area contributed by atoms with Crippen LogP contribution in [0.15, 0.2) is 69.1 Å². The van der Waals surface area contributed by atoms with Gasteiger partial charge in [0.2, 0.25) is 0 Å². The summed E-state index contributed by atoms with van der Waals surface area (Å²) in [6, 6.07) is 15.8. The highest BCUT2D eigenvalue weighted by Crippen LogP contribution is 2.13. The van der Waals surface area contributed by atoms with Crippen LogP contribution in [0.4, 0.5) is 0 Å². The lowest BCUT2D eigenvalue weighted by atomic mass is 10.1. The van der Waals surface area contributed by atoms with E-state index in [0.717, 1.165) is 10.0 Å². The summed E-state index contributed by atoms with van der Waals surface area (Å²) in [6.07, 6.45) is 0.624. The second-order valence-electron chi connectivity index (χ2n) is 4.33. The lowest BCUT2D eigenvalue weighted by Gasteiger charge is -2.07. The van der Waals surface area contributed by atoms with Crippen molar-refractivity contribution in [2.24, 2.45) is 5.10 Å². The fraction of sp³-hybridized carbons (Fsp3) is 0.133. The molecular formula is C15H15BrN2O2S. The molecule has 0 saturated carbocycles. The van der Waals surface area contributed by atoms with Gasteiger partial charge >= 0.3 is 0 Å². The third-order valence-corrected chi connectivity index (χ3v) is 4.62. The summed E-state index contributed by atoms with van der Waals surface area (Å²) in [5, 5.41) is 4.05. The molecule has 0 aliphatic heterocycles. The minimum atomic E-state index is -3.63. The Labute approximate surface area is 133 Å². The van der Waals surface area contributed by atoms with E-state index in [1.54, 1.807) is 18.2 Å². The molecule has 0 bridgehead atoms. The van der Waals surface area contributed by atoms with E-state index in [-0.39, 0.29) is 4.90 Å². The van der Waals surface area contributed by atoms with Gasteiger partial charge in [-0.15, -0.1) is 0 Å². The number of halogens is 1. The maximum Gasteiger partial charge on any atom is 0.276 e. The third-order valence-electron chi connectivity index (χ3n) is 2.87. The molecule has 0 aliphatic carbocycles. The molecule has 2 aromatic rings. The van der Waals surface area contributed by atoms with Crippen LogP contribution in [0.2, 0.25) is 0 Å². The molecule has 0 amide bonds. The zero-order valence-corrected chi connectivity index (χ0v) is 13.9. The van der Waals surface area contributed by atoms with Crippen molar-refractivity contribution in [2.45, 2.75) is 18.2 Å². The highest BCUT2D eigenvalue weighted by Gasteiger charge is 2.12. The molecule has 2 aromatic carbocycles. The van der Waals surface area contributed by atoms with Gasteiger partial charge in [-0.1, -0.05) is 53.2 Å². The molecule has 0 spiro atoms. The first-order valence-electron chi connectivity index (χ1n) is 6.42. The van der Waals surface area contributed by atoms with Gasteiger partial charge in [0.05, 0.1) is 10.6 Å². The number of hydrogen-bond acceptors (Lipinski definition) is 3. The van der Waals surface area contributed by atoms with Crippen LogP contribution >= 0.6 is 15.9 Å². The van der Waals surface area contributed by atoms with E-state index in [1.165, 1.54) is 12.1 Å². The van der Waals surface area contributed by atoms with E-state index >= 15 is 0 Å². The number of benzene rings is 2. The summed E-state index contributed by atoms with van der Waals surface area (Å²) in [7, 11) is -3.63. The maximum atomic E-state index is 12.1. The Hall–Kier alpha value is -1.66. The second-order valence-corrected chi connectivity index (χ2v) is 6.90. The minimum absolute atomic E-state index is 0.194. The predicted molar refractivity (Wildman–Crippen MR) is 87.7 cm³/mol. The SMILES string of the molecule is CC/C(=N/NS(=O)(=O)c1ccccc1)c1ccc(Br)cc1. The lowest BCUT2D eigenvalue weighted by Crippen LogP contribution is -2.20. The van der Waals surface area contributed by atoms with Crippen molar-refractivity contribution in [3.8, 4) is 0 Å². The van der Waals surface area contributed by atoms with E-state index in [9.17, 15) is 8.42 Å². The molecule has 110 valence electrons. The molecule has 0 aliphatic rings. The lowest BCUT2D eigenvalue weighted by molar-refractivity contribution is 0.584. The van der Waals surface area contributed by atoms with Gasteiger partial charge in [-0.25, -0.2) is 0 Å². The number of nitrogens with one attached hydrogen (secondary N) is 1. The topological polar surface area (TPSA) is 58.5 Å². The molecule has 0 atom stereocenters. The van der Waals surface area contributed by atoms with Crippen molar-refractivity contribution < 1.29 is 8.42 Å². The van der Waals surface area contributed by atoms with Crippen LogP contribution in [0.25, 0.3) is 0 Å². The van der Waals surface area contributed by atoms with E-state index in [0.29, 0.717) is 12.1 Å². The largest absolute Gasteiger partial charge is 0.276 e.